The minimum absolute atomic E-state index is 0.113. The molecule has 128 valence electrons. The molecule has 0 unspecified atom stereocenters. The zero-order valence-electron chi connectivity index (χ0n) is 13.9. The smallest absolute Gasteiger partial charge is 0.244 e. The second-order valence-electron chi connectivity index (χ2n) is 5.93. The molecule has 0 radical (unpaired) electrons. The molecule has 0 saturated heterocycles. The van der Waals surface area contributed by atoms with Crippen molar-refractivity contribution in [3.05, 3.63) is 84.7 Å². The van der Waals surface area contributed by atoms with E-state index >= 15 is 0 Å². The second kappa shape index (κ2) is 6.80. The number of hydrogen-bond donors (Lipinski definition) is 1. The standard InChI is InChI=1S/C21H16FN3O/c22-16-10-12-17(13-11-16)23-20(26)14-25-19-9-5-4-8-18(19)24-21(25)15-6-2-1-3-7-15/h1-13H,14H2,(H,23,26). The highest BCUT2D eigenvalue weighted by atomic mass is 19.1. The van der Waals surface area contributed by atoms with Gasteiger partial charge in [0, 0.05) is 11.3 Å². The van der Waals surface area contributed by atoms with E-state index in [4.69, 9.17) is 0 Å². The van der Waals surface area contributed by atoms with Crippen molar-refractivity contribution >= 4 is 22.6 Å². The summed E-state index contributed by atoms with van der Waals surface area (Å²) >= 11 is 0. The number of imidazole rings is 1. The molecule has 4 nitrogen and oxygen atoms in total. The van der Waals surface area contributed by atoms with Gasteiger partial charge in [0.1, 0.15) is 18.2 Å². The van der Waals surface area contributed by atoms with Crippen LogP contribution >= 0.6 is 0 Å². The molecule has 0 bridgehead atoms. The molecule has 0 aliphatic heterocycles. The number of benzene rings is 3. The van der Waals surface area contributed by atoms with Gasteiger partial charge in [-0.3, -0.25) is 4.79 Å². The van der Waals surface area contributed by atoms with Crippen LogP contribution < -0.4 is 5.32 Å². The first-order valence-corrected chi connectivity index (χ1v) is 8.27. The number of carbonyl (C=O) groups is 1. The Balaban J connectivity index is 1.68. The molecule has 0 saturated carbocycles. The Morgan fingerprint density at radius 2 is 1.62 bits per heavy atom. The Morgan fingerprint density at radius 1 is 0.923 bits per heavy atom. The fourth-order valence-corrected chi connectivity index (χ4v) is 2.92. The van der Waals surface area contributed by atoms with Crippen LogP contribution in [0.4, 0.5) is 10.1 Å². The molecule has 1 N–H and O–H groups in total. The fraction of sp³-hybridized carbons (Fsp3) is 0.0476. The average molecular weight is 345 g/mol. The lowest BCUT2D eigenvalue weighted by Crippen LogP contribution is -2.19. The Morgan fingerprint density at radius 3 is 2.38 bits per heavy atom. The van der Waals surface area contributed by atoms with Crippen molar-refractivity contribution in [1.82, 2.24) is 9.55 Å². The van der Waals surface area contributed by atoms with E-state index in [-0.39, 0.29) is 18.3 Å². The number of amides is 1. The van der Waals surface area contributed by atoms with Gasteiger partial charge in [0.25, 0.3) is 0 Å². The maximum atomic E-state index is 13.0. The SMILES string of the molecule is O=C(Cn1c(-c2ccccc2)nc2ccccc21)Nc1ccc(F)cc1. The van der Waals surface area contributed by atoms with Gasteiger partial charge >= 0.3 is 0 Å². The topological polar surface area (TPSA) is 46.9 Å². The normalized spacial score (nSPS) is 10.8. The predicted molar refractivity (Wildman–Crippen MR) is 100 cm³/mol. The van der Waals surface area contributed by atoms with Crippen LogP contribution in [0.1, 0.15) is 0 Å². The van der Waals surface area contributed by atoms with Gasteiger partial charge in [0.2, 0.25) is 5.91 Å². The van der Waals surface area contributed by atoms with Crippen molar-refractivity contribution < 1.29 is 9.18 Å². The summed E-state index contributed by atoms with van der Waals surface area (Å²) in [6.45, 7) is 0.113. The van der Waals surface area contributed by atoms with Gasteiger partial charge in [-0.05, 0) is 36.4 Å². The largest absolute Gasteiger partial charge is 0.325 e. The van der Waals surface area contributed by atoms with Crippen molar-refractivity contribution in [2.24, 2.45) is 0 Å². The van der Waals surface area contributed by atoms with Crippen LogP contribution in [0.3, 0.4) is 0 Å². The molecule has 26 heavy (non-hydrogen) atoms. The van der Waals surface area contributed by atoms with E-state index in [0.717, 1.165) is 22.4 Å². The molecule has 4 aromatic rings. The highest BCUT2D eigenvalue weighted by Crippen LogP contribution is 2.24. The van der Waals surface area contributed by atoms with E-state index in [1.165, 1.54) is 24.3 Å². The molecule has 4 rings (SSSR count). The molecule has 1 heterocycles. The van der Waals surface area contributed by atoms with Crippen molar-refractivity contribution in [3.63, 3.8) is 0 Å². The van der Waals surface area contributed by atoms with Crippen molar-refractivity contribution in [3.8, 4) is 11.4 Å². The highest BCUT2D eigenvalue weighted by molar-refractivity contribution is 5.92. The number of nitrogens with zero attached hydrogens (tertiary/aromatic N) is 2. The maximum absolute atomic E-state index is 13.0. The van der Waals surface area contributed by atoms with Gasteiger partial charge in [-0.15, -0.1) is 0 Å². The van der Waals surface area contributed by atoms with E-state index < -0.39 is 0 Å². The first kappa shape index (κ1) is 16.0. The monoisotopic (exact) mass is 345 g/mol. The fourth-order valence-electron chi connectivity index (χ4n) is 2.92. The van der Waals surface area contributed by atoms with Crippen LogP contribution in [0.15, 0.2) is 78.9 Å². The quantitative estimate of drug-likeness (QED) is 0.593. The molecule has 0 aliphatic carbocycles. The number of aromatic nitrogens is 2. The zero-order valence-corrected chi connectivity index (χ0v) is 13.9. The first-order valence-electron chi connectivity index (χ1n) is 8.27. The number of nitrogens with one attached hydrogen (secondary N) is 1. The lowest BCUT2D eigenvalue weighted by molar-refractivity contribution is -0.116. The molecule has 3 aromatic carbocycles. The lowest BCUT2D eigenvalue weighted by Gasteiger charge is -2.10. The number of rotatable bonds is 4. The van der Waals surface area contributed by atoms with Crippen LogP contribution in [0.5, 0.6) is 0 Å². The van der Waals surface area contributed by atoms with Gasteiger partial charge in [-0.2, -0.15) is 0 Å². The lowest BCUT2D eigenvalue weighted by atomic mass is 10.2. The molecule has 0 aliphatic rings. The summed E-state index contributed by atoms with van der Waals surface area (Å²) < 4.78 is 14.9. The molecule has 0 atom stereocenters. The van der Waals surface area contributed by atoms with Crippen LogP contribution in [0.2, 0.25) is 0 Å². The molecular formula is C21H16FN3O. The summed E-state index contributed by atoms with van der Waals surface area (Å²) in [6, 6.07) is 23.2. The second-order valence-corrected chi connectivity index (χ2v) is 5.93. The van der Waals surface area contributed by atoms with E-state index in [2.05, 4.69) is 10.3 Å². The maximum Gasteiger partial charge on any atom is 0.244 e. The third kappa shape index (κ3) is 3.19. The van der Waals surface area contributed by atoms with Gasteiger partial charge in [-0.1, -0.05) is 42.5 Å². The average Bonchev–Trinajstić information content (AvgIpc) is 3.03. The van der Waals surface area contributed by atoms with Crippen LogP contribution in [-0.2, 0) is 11.3 Å². The van der Waals surface area contributed by atoms with Crippen LogP contribution in [0, 0.1) is 5.82 Å². The molecule has 1 amide bonds. The third-order valence-electron chi connectivity index (χ3n) is 4.12. The van der Waals surface area contributed by atoms with Gasteiger partial charge in [0.15, 0.2) is 0 Å². The third-order valence-corrected chi connectivity index (χ3v) is 4.12. The van der Waals surface area contributed by atoms with E-state index in [1.807, 2.05) is 59.2 Å². The molecule has 5 heteroatoms. The summed E-state index contributed by atoms with van der Waals surface area (Å²) in [6.07, 6.45) is 0. The summed E-state index contributed by atoms with van der Waals surface area (Å²) in [5.74, 6) is 0.202. The Hall–Kier alpha value is -3.47. The number of halogens is 1. The number of anilines is 1. The summed E-state index contributed by atoms with van der Waals surface area (Å²) in [5.41, 5.74) is 3.22. The van der Waals surface area contributed by atoms with Crippen molar-refractivity contribution in [1.29, 1.82) is 0 Å². The number of fused-ring (bicyclic) bond motifs is 1. The summed E-state index contributed by atoms with van der Waals surface area (Å²) in [4.78, 5) is 17.2. The van der Waals surface area contributed by atoms with Crippen LogP contribution in [0.25, 0.3) is 22.4 Å². The van der Waals surface area contributed by atoms with E-state index in [1.54, 1.807) is 0 Å². The predicted octanol–water partition coefficient (Wildman–Crippen LogP) is 4.48. The van der Waals surface area contributed by atoms with Crippen molar-refractivity contribution in [2.45, 2.75) is 6.54 Å². The van der Waals surface area contributed by atoms with E-state index in [9.17, 15) is 9.18 Å². The number of carbonyl (C=O) groups excluding carboxylic acids is 1. The van der Waals surface area contributed by atoms with E-state index in [0.29, 0.717) is 5.69 Å². The number of para-hydroxylation sites is 2. The molecule has 1 aromatic heterocycles. The highest BCUT2D eigenvalue weighted by Gasteiger charge is 2.15. The van der Waals surface area contributed by atoms with Crippen LogP contribution in [-0.4, -0.2) is 15.5 Å². The summed E-state index contributed by atoms with van der Waals surface area (Å²) in [7, 11) is 0. The van der Waals surface area contributed by atoms with Gasteiger partial charge in [0.05, 0.1) is 11.0 Å². The number of hydrogen-bond acceptors (Lipinski definition) is 2. The Bertz CT molecular complexity index is 1060. The molecular weight excluding hydrogens is 329 g/mol. The Labute approximate surface area is 149 Å². The minimum Gasteiger partial charge on any atom is -0.325 e. The summed E-state index contributed by atoms with van der Waals surface area (Å²) in [5, 5.41) is 2.80. The van der Waals surface area contributed by atoms with Gasteiger partial charge in [-0.25, -0.2) is 9.37 Å². The Kier molecular flexibility index (Phi) is 4.19. The zero-order chi connectivity index (χ0) is 17.9. The first-order chi connectivity index (χ1) is 12.7. The molecule has 0 fully saturated rings. The van der Waals surface area contributed by atoms with Crippen molar-refractivity contribution in [2.75, 3.05) is 5.32 Å². The minimum atomic E-state index is -0.338. The molecule has 0 spiro atoms. The van der Waals surface area contributed by atoms with Gasteiger partial charge < -0.3 is 9.88 Å².